The minimum atomic E-state index is -0.349. The van der Waals surface area contributed by atoms with Gasteiger partial charge in [0, 0.05) is 39.3 Å². The monoisotopic (exact) mass is 411 g/mol. The largest absolute Gasteiger partial charge is 0.349 e. The molecule has 160 valence electrons. The van der Waals surface area contributed by atoms with Gasteiger partial charge in [0.2, 0.25) is 11.8 Å². The minimum absolute atomic E-state index is 0.00589. The second-order valence-corrected chi connectivity index (χ2v) is 7.90. The van der Waals surface area contributed by atoms with Gasteiger partial charge in [0.1, 0.15) is 0 Å². The lowest BCUT2D eigenvalue weighted by atomic mass is 9.99. The van der Waals surface area contributed by atoms with Gasteiger partial charge in [-0.3, -0.25) is 19.1 Å². The maximum atomic E-state index is 12.9. The van der Waals surface area contributed by atoms with Crippen LogP contribution < -0.4 is 10.6 Å². The van der Waals surface area contributed by atoms with Crippen LogP contribution in [0.4, 0.5) is 0 Å². The Morgan fingerprint density at radius 3 is 2.40 bits per heavy atom. The van der Waals surface area contributed by atoms with E-state index in [0.717, 1.165) is 11.1 Å². The topological polar surface area (TPSA) is 96.3 Å². The number of piperidine rings is 1. The molecular formula is C22H29N5O3. The van der Waals surface area contributed by atoms with Crippen LogP contribution in [-0.2, 0) is 16.6 Å². The maximum absolute atomic E-state index is 12.9. The Labute approximate surface area is 176 Å². The molecule has 1 aliphatic heterocycles. The molecule has 1 aliphatic rings. The summed E-state index contributed by atoms with van der Waals surface area (Å²) in [5.74, 6) is -0.297. The average Bonchev–Trinajstić information content (AvgIpc) is 3.15. The smallest absolute Gasteiger partial charge is 0.254 e. The molecule has 0 radical (unpaired) electrons. The Hall–Kier alpha value is -3.16. The number of carbonyl (C=O) groups excluding carboxylic acids is 3. The standard InChI is InChI=1S/C22H29N5O3/c1-15-4-6-17(7-5-15)20(24-16(2)28)12-21(29)27-10-8-19(9-11-27)25-22(30)18-13-23-26(3)14-18/h4-7,13-14,19-20H,8-12H2,1-3H3,(H,24,28)(H,25,30)/t20-/m0/s1. The molecule has 0 saturated carbocycles. The van der Waals surface area contributed by atoms with Crippen molar-refractivity contribution in [1.29, 1.82) is 0 Å². The molecule has 0 aliphatic carbocycles. The van der Waals surface area contributed by atoms with Crippen LogP contribution in [0.3, 0.4) is 0 Å². The third-order valence-corrected chi connectivity index (χ3v) is 5.39. The molecule has 0 bridgehead atoms. The van der Waals surface area contributed by atoms with Crippen molar-refractivity contribution in [2.24, 2.45) is 7.05 Å². The van der Waals surface area contributed by atoms with E-state index in [-0.39, 0.29) is 36.2 Å². The fourth-order valence-electron chi connectivity index (χ4n) is 3.68. The van der Waals surface area contributed by atoms with Gasteiger partial charge in [-0.15, -0.1) is 0 Å². The molecule has 3 amide bonds. The molecule has 0 unspecified atom stereocenters. The first-order valence-corrected chi connectivity index (χ1v) is 10.2. The lowest BCUT2D eigenvalue weighted by Crippen LogP contribution is -2.47. The fraction of sp³-hybridized carbons (Fsp3) is 0.455. The fourth-order valence-corrected chi connectivity index (χ4v) is 3.68. The number of hydrogen-bond donors (Lipinski definition) is 2. The van der Waals surface area contributed by atoms with Crippen LogP contribution in [0.5, 0.6) is 0 Å². The summed E-state index contributed by atoms with van der Waals surface area (Å²) in [5, 5.41) is 9.92. The van der Waals surface area contributed by atoms with Gasteiger partial charge in [-0.2, -0.15) is 5.10 Å². The molecule has 3 rings (SSSR count). The van der Waals surface area contributed by atoms with Crippen molar-refractivity contribution in [1.82, 2.24) is 25.3 Å². The van der Waals surface area contributed by atoms with E-state index < -0.39 is 0 Å². The van der Waals surface area contributed by atoms with E-state index in [1.807, 2.05) is 36.1 Å². The van der Waals surface area contributed by atoms with Gasteiger partial charge in [0.25, 0.3) is 5.91 Å². The van der Waals surface area contributed by atoms with Gasteiger partial charge in [-0.25, -0.2) is 0 Å². The number of carbonyl (C=O) groups is 3. The summed E-state index contributed by atoms with van der Waals surface area (Å²) in [6, 6.07) is 7.53. The van der Waals surface area contributed by atoms with Crippen molar-refractivity contribution in [3.8, 4) is 0 Å². The number of likely N-dealkylation sites (tertiary alicyclic amines) is 1. The van der Waals surface area contributed by atoms with Crippen molar-refractivity contribution in [2.45, 2.75) is 45.2 Å². The lowest BCUT2D eigenvalue weighted by molar-refractivity contribution is -0.133. The van der Waals surface area contributed by atoms with Crippen molar-refractivity contribution < 1.29 is 14.4 Å². The Kier molecular flexibility index (Phi) is 6.87. The Morgan fingerprint density at radius 1 is 1.17 bits per heavy atom. The molecule has 1 aromatic carbocycles. The van der Waals surface area contributed by atoms with Crippen molar-refractivity contribution in [3.05, 3.63) is 53.3 Å². The molecular weight excluding hydrogens is 382 g/mol. The van der Waals surface area contributed by atoms with Crippen LogP contribution in [0.25, 0.3) is 0 Å². The SMILES string of the molecule is CC(=O)N[C@@H](CC(=O)N1CCC(NC(=O)c2cnn(C)c2)CC1)c1ccc(C)cc1. The molecule has 1 atom stereocenters. The molecule has 1 aromatic heterocycles. The minimum Gasteiger partial charge on any atom is -0.349 e. The quantitative estimate of drug-likeness (QED) is 0.756. The van der Waals surface area contributed by atoms with Crippen molar-refractivity contribution in [3.63, 3.8) is 0 Å². The van der Waals surface area contributed by atoms with Crippen LogP contribution in [0, 0.1) is 6.92 Å². The van der Waals surface area contributed by atoms with E-state index in [1.165, 1.54) is 6.92 Å². The van der Waals surface area contributed by atoms with Gasteiger partial charge in [0.15, 0.2) is 0 Å². The van der Waals surface area contributed by atoms with Gasteiger partial charge in [-0.05, 0) is 25.3 Å². The van der Waals surface area contributed by atoms with E-state index in [0.29, 0.717) is 31.5 Å². The highest BCUT2D eigenvalue weighted by Crippen LogP contribution is 2.21. The van der Waals surface area contributed by atoms with E-state index in [1.54, 1.807) is 24.1 Å². The number of amides is 3. The van der Waals surface area contributed by atoms with Crippen LogP contribution >= 0.6 is 0 Å². The molecule has 8 heteroatoms. The van der Waals surface area contributed by atoms with Gasteiger partial charge in [0.05, 0.1) is 24.2 Å². The highest BCUT2D eigenvalue weighted by molar-refractivity contribution is 5.93. The van der Waals surface area contributed by atoms with Crippen molar-refractivity contribution >= 4 is 17.7 Å². The third-order valence-electron chi connectivity index (χ3n) is 5.39. The van der Waals surface area contributed by atoms with Crippen molar-refractivity contribution in [2.75, 3.05) is 13.1 Å². The zero-order valence-corrected chi connectivity index (χ0v) is 17.7. The van der Waals surface area contributed by atoms with Gasteiger partial charge >= 0.3 is 0 Å². The average molecular weight is 412 g/mol. The number of aryl methyl sites for hydroxylation is 2. The first-order chi connectivity index (χ1) is 14.3. The zero-order chi connectivity index (χ0) is 21.7. The highest BCUT2D eigenvalue weighted by atomic mass is 16.2. The van der Waals surface area contributed by atoms with E-state index in [2.05, 4.69) is 15.7 Å². The van der Waals surface area contributed by atoms with Crippen LogP contribution in [0.1, 0.15) is 53.7 Å². The number of aromatic nitrogens is 2. The summed E-state index contributed by atoms with van der Waals surface area (Å²) in [6.07, 6.45) is 4.85. The summed E-state index contributed by atoms with van der Waals surface area (Å²) in [7, 11) is 1.77. The van der Waals surface area contributed by atoms with E-state index in [9.17, 15) is 14.4 Å². The summed E-state index contributed by atoms with van der Waals surface area (Å²) >= 11 is 0. The second-order valence-electron chi connectivity index (χ2n) is 7.90. The molecule has 8 nitrogen and oxygen atoms in total. The Balaban J connectivity index is 1.53. The maximum Gasteiger partial charge on any atom is 0.254 e. The van der Waals surface area contributed by atoms with E-state index >= 15 is 0 Å². The summed E-state index contributed by atoms with van der Waals surface area (Å²) in [6.45, 7) is 4.62. The molecule has 1 saturated heterocycles. The number of rotatable bonds is 6. The zero-order valence-electron chi connectivity index (χ0n) is 17.7. The number of nitrogens with zero attached hydrogens (tertiary/aromatic N) is 3. The molecule has 1 fully saturated rings. The van der Waals surface area contributed by atoms with Crippen LogP contribution in [0.2, 0.25) is 0 Å². The first kappa shape index (κ1) is 21.5. The lowest BCUT2D eigenvalue weighted by Gasteiger charge is -2.33. The molecule has 2 N–H and O–H groups in total. The normalized spacial score (nSPS) is 15.5. The number of hydrogen-bond acceptors (Lipinski definition) is 4. The number of benzene rings is 1. The highest BCUT2D eigenvalue weighted by Gasteiger charge is 2.27. The third kappa shape index (κ3) is 5.68. The molecule has 30 heavy (non-hydrogen) atoms. The van der Waals surface area contributed by atoms with Gasteiger partial charge in [-0.1, -0.05) is 29.8 Å². The number of nitrogens with one attached hydrogen (secondary N) is 2. The predicted octanol–water partition coefficient (Wildman–Crippen LogP) is 1.72. The molecule has 2 aromatic rings. The Bertz CT molecular complexity index is 898. The van der Waals surface area contributed by atoms with Crippen LogP contribution in [0.15, 0.2) is 36.7 Å². The second kappa shape index (κ2) is 9.56. The van der Waals surface area contributed by atoms with Gasteiger partial charge < -0.3 is 15.5 Å². The summed E-state index contributed by atoms with van der Waals surface area (Å²) in [5.41, 5.74) is 2.58. The molecule has 2 heterocycles. The molecule has 0 spiro atoms. The first-order valence-electron chi connectivity index (χ1n) is 10.2. The predicted molar refractivity (Wildman–Crippen MR) is 113 cm³/mol. The van der Waals surface area contributed by atoms with E-state index in [4.69, 9.17) is 0 Å². The van der Waals surface area contributed by atoms with Crippen LogP contribution in [-0.4, -0.2) is 51.5 Å². The summed E-state index contributed by atoms with van der Waals surface area (Å²) in [4.78, 5) is 38.6. The summed E-state index contributed by atoms with van der Waals surface area (Å²) < 4.78 is 1.59. The Morgan fingerprint density at radius 2 is 1.83 bits per heavy atom.